The summed E-state index contributed by atoms with van der Waals surface area (Å²) in [6.07, 6.45) is 0.758. The van der Waals surface area contributed by atoms with Crippen LogP contribution in [-0.2, 0) is 10.0 Å². The van der Waals surface area contributed by atoms with Gasteiger partial charge in [0, 0.05) is 11.1 Å². The van der Waals surface area contributed by atoms with Crippen LogP contribution < -0.4 is 9.46 Å². The lowest BCUT2D eigenvalue weighted by molar-refractivity contribution is 0.0693. The maximum Gasteiger partial charge on any atom is 0.339 e. The number of methoxy groups -OCH3 is 1. The SMILES string of the molecule is COc1c(C(=O)O)cc(Cl)cc1S(=O)(=O)NC1CC1C. The summed E-state index contributed by atoms with van der Waals surface area (Å²) in [4.78, 5) is 10.9. The van der Waals surface area contributed by atoms with Gasteiger partial charge in [0.15, 0.2) is 5.75 Å². The van der Waals surface area contributed by atoms with Crippen molar-refractivity contribution in [2.45, 2.75) is 24.3 Å². The van der Waals surface area contributed by atoms with E-state index in [0.29, 0.717) is 0 Å². The Morgan fingerprint density at radius 2 is 2.10 bits per heavy atom. The summed E-state index contributed by atoms with van der Waals surface area (Å²) >= 11 is 5.80. The van der Waals surface area contributed by atoms with Gasteiger partial charge in [0.05, 0.1) is 7.11 Å². The number of hydrogen-bond acceptors (Lipinski definition) is 4. The van der Waals surface area contributed by atoms with Crippen molar-refractivity contribution >= 4 is 27.6 Å². The zero-order valence-corrected chi connectivity index (χ0v) is 12.5. The molecule has 0 saturated heterocycles. The molecule has 0 heterocycles. The molecule has 0 radical (unpaired) electrons. The minimum atomic E-state index is -3.87. The lowest BCUT2D eigenvalue weighted by Crippen LogP contribution is -2.27. The molecule has 0 spiro atoms. The van der Waals surface area contributed by atoms with Crippen molar-refractivity contribution in [1.82, 2.24) is 4.72 Å². The number of nitrogens with one attached hydrogen (secondary N) is 1. The zero-order valence-electron chi connectivity index (χ0n) is 10.9. The quantitative estimate of drug-likeness (QED) is 0.862. The molecule has 0 aromatic heterocycles. The van der Waals surface area contributed by atoms with E-state index >= 15 is 0 Å². The molecular weight excluding hydrogens is 306 g/mol. The fourth-order valence-corrected chi connectivity index (χ4v) is 3.74. The van der Waals surface area contributed by atoms with Gasteiger partial charge in [-0.25, -0.2) is 17.9 Å². The van der Waals surface area contributed by atoms with Crippen LogP contribution >= 0.6 is 11.6 Å². The standard InChI is InChI=1S/C12H14ClNO5S/c1-6-3-9(6)14-20(17,18)10-5-7(13)4-8(12(15)16)11(10)19-2/h4-6,9,14H,3H2,1-2H3,(H,15,16). The highest BCUT2D eigenvalue weighted by molar-refractivity contribution is 7.89. The summed E-state index contributed by atoms with van der Waals surface area (Å²) in [5, 5.41) is 9.11. The normalized spacial score (nSPS) is 21.6. The Bertz CT molecular complexity index is 658. The molecule has 1 saturated carbocycles. The van der Waals surface area contributed by atoms with Crippen LogP contribution in [0.25, 0.3) is 0 Å². The van der Waals surface area contributed by atoms with Crippen molar-refractivity contribution in [3.05, 3.63) is 22.7 Å². The van der Waals surface area contributed by atoms with Gasteiger partial charge in [0.25, 0.3) is 0 Å². The number of hydrogen-bond donors (Lipinski definition) is 2. The number of carboxylic acid groups (broad SMARTS) is 1. The van der Waals surface area contributed by atoms with Gasteiger partial charge in [-0.05, 0) is 24.5 Å². The topological polar surface area (TPSA) is 92.7 Å². The van der Waals surface area contributed by atoms with Gasteiger partial charge in [0.2, 0.25) is 10.0 Å². The average molecular weight is 320 g/mol. The number of sulfonamides is 1. The van der Waals surface area contributed by atoms with Crippen molar-refractivity contribution in [3.8, 4) is 5.75 Å². The Kier molecular flexibility index (Phi) is 3.95. The van der Waals surface area contributed by atoms with Crippen LogP contribution in [0, 0.1) is 5.92 Å². The molecule has 2 unspecified atom stereocenters. The third-order valence-corrected chi connectivity index (χ3v) is 4.87. The van der Waals surface area contributed by atoms with Crippen LogP contribution in [0.15, 0.2) is 17.0 Å². The first kappa shape index (κ1) is 15.1. The van der Waals surface area contributed by atoms with Gasteiger partial charge < -0.3 is 9.84 Å². The van der Waals surface area contributed by atoms with E-state index in [1.165, 1.54) is 13.2 Å². The predicted octanol–water partition coefficient (Wildman–Crippen LogP) is 1.73. The van der Waals surface area contributed by atoms with Gasteiger partial charge in [-0.1, -0.05) is 18.5 Å². The number of halogens is 1. The summed E-state index contributed by atoms with van der Waals surface area (Å²) in [6.45, 7) is 1.92. The molecule has 20 heavy (non-hydrogen) atoms. The first-order valence-corrected chi connectivity index (χ1v) is 7.75. The van der Waals surface area contributed by atoms with E-state index in [9.17, 15) is 13.2 Å². The Morgan fingerprint density at radius 1 is 1.50 bits per heavy atom. The van der Waals surface area contributed by atoms with E-state index in [4.69, 9.17) is 21.4 Å². The summed E-state index contributed by atoms with van der Waals surface area (Å²) in [5.41, 5.74) is -0.288. The first-order chi connectivity index (χ1) is 9.26. The largest absolute Gasteiger partial charge is 0.494 e. The summed E-state index contributed by atoms with van der Waals surface area (Å²) in [5.74, 6) is -1.25. The highest BCUT2D eigenvalue weighted by Crippen LogP contribution is 2.35. The van der Waals surface area contributed by atoms with Crippen molar-refractivity contribution in [2.75, 3.05) is 7.11 Å². The molecule has 0 aliphatic heterocycles. The lowest BCUT2D eigenvalue weighted by atomic mass is 10.2. The van der Waals surface area contributed by atoms with Crippen molar-refractivity contribution in [2.24, 2.45) is 5.92 Å². The maximum absolute atomic E-state index is 12.3. The number of aromatic carboxylic acids is 1. The second-order valence-electron chi connectivity index (χ2n) is 4.73. The molecule has 0 bridgehead atoms. The van der Waals surface area contributed by atoms with Crippen LogP contribution in [0.2, 0.25) is 5.02 Å². The molecule has 110 valence electrons. The lowest BCUT2D eigenvalue weighted by Gasteiger charge is -2.13. The van der Waals surface area contributed by atoms with E-state index in [2.05, 4.69) is 4.72 Å². The minimum absolute atomic E-state index is 0.0208. The van der Waals surface area contributed by atoms with Crippen molar-refractivity contribution in [1.29, 1.82) is 0 Å². The summed E-state index contributed by atoms with van der Waals surface area (Å²) < 4.78 is 32.0. The fraction of sp³-hybridized carbons (Fsp3) is 0.417. The number of ether oxygens (including phenoxy) is 1. The van der Waals surface area contributed by atoms with E-state index in [1.54, 1.807) is 0 Å². The number of benzene rings is 1. The molecule has 1 aromatic rings. The molecule has 2 rings (SSSR count). The molecule has 2 N–H and O–H groups in total. The van der Waals surface area contributed by atoms with E-state index < -0.39 is 16.0 Å². The molecule has 1 aliphatic rings. The molecule has 0 amide bonds. The molecule has 1 fully saturated rings. The Hall–Kier alpha value is -1.31. The molecule has 8 heteroatoms. The number of carbonyl (C=O) groups is 1. The zero-order chi connectivity index (χ0) is 15.1. The molecular formula is C12H14ClNO5S. The molecule has 2 atom stereocenters. The highest BCUT2D eigenvalue weighted by atomic mass is 35.5. The number of rotatable bonds is 5. The van der Waals surface area contributed by atoms with Crippen molar-refractivity contribution < 1.29 is 23.1 Å². The van der Waals surface area contributed by atoms with Gasteiger partial charge >= 0.3 is 5.97 Å². The minimum Gasteiger partial charge on any atom is -0.494 e. The highest BCUT2D eigenvalue weighted by Gasteiger charge is 2.38. The monoisotopic (exact) mass is 319 g/mol. The van der Waals surface area contributed by atoms with Crippen LogP contribution in [0.1, 0.15) is 23.7 Å². The fourth-order valence-electron chi connectivity index (χ4n) is 1.89. The molecule has 1 aromatic carbocycles. The average Bonchev–Trinajstić information content (AvgIpc) is 3.02. The Balaban J connectivity index is 2.52. The predicted molar refractivity (Wildman–Crippen MR) is 72.9 cm³/mol. The van der Waals surface area contributed by atoms with Crippen LogP contribution in [0.4, 0.5) is 0 Å². The second-order valence-corrected chi connectivity index (χ2v) is 6.85. The van der Waals surface area contributed by atoms with E-state index in [1.807, 2.05) is 6.92 Å². The van der Waals surface area contributed by atoms with Crippen molar-refractivity contribution in [3.63, 3.8) is 0 Å². The van der Waals surface area contributed by atoms with Gasteiger partial charge in [-0.2, -0.15) is 0 Å². The molecule has 6 nitrogen and oxygen atoms in total. The van der Waals surface area contributed by atoms with Crippen LogP contribution in [-0.4, -0.2) is 32.6 Å². The van der Waals surface area contributed by atoms with Crippen LogP contribution in [0.5, 0.6) is 5.75 Å². The van der Waals surface area contributed by atoms with Crippen LogP contribution in [0.3, 0.4) is 0 Å². The molecule has 1 aliphatic carbocycles. The second kappa shape index (κ2) is 5.23. The summed E-state index contributed by atoms with van der Waals surface area (Å²) in [7, 11) is -2.66. The Labute approximate surface area is 121 Å². The summed E-state index contributed by atoms with van der Waals surface area (Å²) in [6, 6.07) is 2.21. The van der Waals surface area contributed by atoms with Gasteiger partial charge in [-0.3, -0.25) is 0 Å². The van der Waals surface area contributed by atoms with Gasteiger partial charge in [-0.15, -0.1) is 0 Å². The van der Waals surface area contributed by atoms with E-state index in [0.717, 1.165) is 12.5 Å². The number of carboxylic acids is 1. The van der Waals surface area contributed by atoms with Gasteiger partial charge in [0.1, 0.15) is 10.5 Å². The third kappa shape index (κ3) is 2.89. The Morgan fingerprint density at radius 3 is 2.55 bits per heavy atom. The first-order valence-electron chi connectivity index (χ1n) is 5.89. The smallest absolute Gasteiger partial charge is 0.339 e. The third-order valence-electron chi connectivity index (χ3n) is 3.16. The van der Waals surface area contributed by atoms with E-state index in [-0.39, 0.29) is 33.2 Å². The maximum atomic E-state index is 12.3.